The predicted octanol–water partition coefficient (Wildman–Crippen LogP) is 6.09. The van der Waals surface area contributed by atoms with Gasteiger partial charge in [-0.3, -0.25) is 8.37 Å². The molecule has 21 nitrogen and oxygen atoms in total. The highest BCUT2D eigenvalue weighted by molar-refractivity contribution is 7.94. The first-order chi connectivity index (χ1) is 24.9. The first-order valence-electron chi connectivity index (χ1n) is 13.7. The molecule has 4 aromatic carbocycles. The van der Waals surface area contributed by atoms with Crippen LogP contribution < -0.4 is 5.32 Å². The van der Waals surface area contributed by atoms with Crippen LogP contribution in [0.3, 0.4) is 0 Å². The summed E-state index contributed by atoms with van der Waals surface area (Å²) in [5, 5.41) is 78.8. The van der Waals surface area contributed by atoms with Gasteiger partial charge in [-0.15, -0.1) is 23.2 Å². The summed E-state index contributed by atoms with van der Waals surface area (Å²) in [7, 11) is -8.02. The van der Waals surface area contributed by atoms with E-state index in [4.69, 9.17) is 24.1 Å². The van der Waals surface area contributed by atoms with Gasteiger partial charge in [0.25, 0.3) is 0 Å². The average Bonchev–Trinajstić information content (AvgIpc) is 3.11. The van der Waals surface area contributed by atoms with Crippen LogP contribution in [0.4, 0.5) is 22.7 Å². The third kappa shape index (κ3) is 11.2. The quantitative estimate of drug-likeness (QED) is 0.0125. The van der Waals surface area contributed by atoms with Gasteiger partial charge in [-0.2, -0.15) is 0 Å². The number of azo groups is 1. The molecule has 0 aliphatic heterocycles. The maximum absolute atomic E-state index is 12.9. The SMILES string of the molecule is O=S(=O)(CCOSOOO)c1ccc(O)c(N=Nc2c(Nc3cc(S(=O)(=O)CCOSOOO)ccc3O)ccc3cc(SOOO)cc(O)c23)c1. The zero-order valence-corrected chi connectivity index (χ0v) is 29.7. The highest BCUT2D eigenvalue weighted by atomic mass is 32.2. The van der Waals surface area contributed by atoms with E-state index < -0.39 is 48.4 Å². The molecule has 0 aliphatic rings. The lowest BCUT2D eigenvalue weighted by atomic mass is 10.1. The van der Waals surface area contributed by atoms with Gasteiger partial charge in [-0.05, 0) is 60.0 Å². The lowest BCUT2D eigenvalue weighted by molar-refractivity contribution is -0.434. The van der Waals surface area contributed by atoms with E-state index in [-0.39, 0.29) is 80.7 Å². The zero-order valence-electron chi connectivity index (χ0n) is 25.6. The van der Waals surface area contributed by atoms with Crippen LogP contribution >= 0.6 is 36.7 Å². The van der Waals surface area contributed by atoms with Crippen LogP contribution in [-0.2, 0) is 56.2 Å². The van der Waals surface area contributed by atoms with Crippen molar-refractivity contribution in [1.29, 1.82) is 0 Å². The fraction of sp³-hybridized carbons (Fsp3) is 0.154. The minimum atomic E-state index is -4.02. The van der Waals surface area contributed by atoms with Crippen molar-refractivity contribution in [2.75, 3.05) is 30.0 Å². The molecule has 52 heavy (non-hydrogen) atoms. The van der Waals surface area contributed by atoms with E-state index in [1.54, 1.807) is 0 Å². The highest BCUT2D eigenvalue weighted by Gasteiger charge is 2.21. The van der Waals surface area contributed by atoms with Crippen LogP contribution in [0.25, 0.3) is 10.8 Å². The average molecular weight is 828 g/mol. The summed E-state index contributed by atoms with van der Waals surface area (Å²) >= 11 is 0.935. The molecule has 0 spiro atoms. The molecular weight excluding hydrogens is 803 g/mol. The Kier molecular flexibility index (Phi) is 15.5. The molecule has 0 bridgehead atoms. The molecule has 0 unspecified atom stereocenters. The van der Waals surface area contributed by atoms with Crippen molar-refractivity contribution in [3.05, 3.63) is 60.7 Å². The van der Waals surface area contributed by atoms with Crippen molar-refractivity contribution in [3.63, 3.8) is 0 Å². The van der Waals surface area contributed by atoms with E-state index >= 15 is 0 Å². The molecule has 282 valence electrons. The van der Waals surface area contributed by atoms with E-state index in [0.29, 0.717) is 17.4 Å². The number of fused-ring (bicyclic) bond motifs is 1. The van der Waals surface area contributed by atoms with Crippen molar-refractivity contribution in [2.24, 2.45) is 10.2 Å². The van der Waals surface area contributed by atoms with Gasteiger partial charge in [0, 0.05) is 4.90 Å². The molecule has 0 amide bonds. The van der Waals surface area contributed by atoms with Gasteiger partial charge in [-0.25, -0.2) is 32.6 Å². The summed E-state index contributed by atoms with van der Waals surface area (Å²) in [6.07, 6.45) is 0. The third-order valence-electron chi connectivity index (χ3n) is 6.45. The van der Waals surface area contributed by atoms with Gasteiger partial charge >= 0.3 is 0 Å². The number of aromatic hydroxyl groups is 3. The molecule has 4 rings (SSSR count). The molecule has 0 heterocycles. The van der Waals surface area contributed by atoms with Crippen LogP contribution in [-0.4, -0.2) is 72.6 Å². The smallest absolute Gasteiger partial charge is 0.197 e. The van der Waals surface area contributed by atoms with Gasteiger partial charge in [0.2, 0.25) is 0 Å². The molecule has 0 radical (unpaired) electrons. The van der Waals surface area contributed by atoms with Gasteiger partial charge in [0.15, 0.2) is 44.3 Å². The zero-order chi connectivity index (χ0) is 37.7. The molecule has 4 aromatic rings. The summed E-state index contributed by atoms with van der Waals surface area (Å²) < 4.78 is 73.8. The van der Waals surface area contributed by atoms with Crippen LogP contribution in [0.5, 0.6) is 17.2 Å². The van der Waals surface area contributed by atoms with Crippen LogP contribution in [0.15, 0.2) is 85.6 Å². The maximum atomic E-state index is 12.9. The standard InChI is InChI=1S/C26H25N3O18S5/c30-22-5-2-17(51(36,37)9-7-40-49-46-43-34)13-20(22)27-19-4-1-15-11-16(48-45-42-33)12-24(32)25(15)26(19)29-28-21-14-18(3-6-23(21)31)52(38,39)10-8-41-50-47-44-35/h1-6,11-14,27,30-35H,7-10H2. The van der Waals surface area contributed by atoms with E-state index in [9.17, 15) is 32.2 Å². The summed E-state index contributed by atoms with van der Waals surface area (Å²) in [6, 6.07) is 12.3. The molecular formula is C26H25N3O18S5. The summed E-state index contributed by atoms with van der Waals surface area (Å²) in [5.74, 6) is -2.36. The van der Waals surface area contributed by atoms with Gasteiger partial charge in [-0.1, -0.05) is 21.2 Å². The predicted molar refractivity (Wildman–Crippen MR) is 181 cm³/mol. The normalized spacial score (nSPS) is 12.2. The van der Waals surface area contributed by atoms with Crippen molar-refractivity contribution in [1.82, 2.24) is 0 Å². The molecule has 7 N–H and O–H groups in total. The number of nitrogens with one attached hydrogen (secondary N) is 1. The number of benzene rings is 4. The maximum Gasteiger partial charge on any atom is 0.197 e. The Hall–Kier alpha value is -3.55. The Morgan fingerprint density at radius 3 is 1.85 bits per heavy atom. The van der Waals surface area contributed by atoms with E-state index in [1.165, 1.54) is 24.3 Å². The van der Waals surface area contributed by atoms with Crippen LogP contribution in [0.2, 0.25) is 0 Å². The number of phenols is 3. The van der Waals surface area contributed by atoms with Crippen molar-refractivity contribution in [2.45, 2.75) is 14.7 Å². The van der Waals surface area contributed by atoms with Crippen LogP contribution in [0.1, 0.15) is 0 Å². The fourth-order valence-electron chi connectivity index (χ4n) is 4.20. The summed E-state index contributed by atoms with van der Waals surface area (Å²) in [6.45, 7) is -0.757. The number of rotatable bonds is 21. The lowest BCUT2D eigenvalue weighted by Gasteiger charge is -2.15. The molecule has 0 aromatic heterocycles. The first-order valence-corrected chi connectivity index (χ1v) is 19.1. The lowest BCUT2D eigenvalue weighted by Crippen LogP contribution is -2.11. The second-order valence-corrected chi connectivity index (χ2v) is 15.6. The Balaban J connectivity index is 1.74. The Bertz CT molecular complexity index is 2090. The van der Waals surface area contributed by atoms with Gasteiger partial charge < -0.3 is 20.6 Å². The molecule has 0 atom stereocenters. The third-order valence-corrected chi connectivity index (χ3v) is 11.1. The molecule has 0 saturated heterocycles. The highest BCUT2D eigenvalue weighted by Crippen LogP contribution is 2.45. The molecule has 0 saturated carbocycles. The number of anilines is 2. The number of phenolic OH excluding ortho intramolecular Hbond substituents is 3. The Morgan fingerprint density at radius 2 is 1.23 bits per heavy atom. The number of sulfone groups is 2. The van der Waals surface area contributed by atoms with E-state index in [2.05, 4.69) is 43.7 Å². The van der Waals surface area contributed by atoms with E-state index in [0.717, 1.165) is 36.4 Å². The Morgan fingerprint density at radius 1 is 0.635 bits per heavy atom. The molecule has 0 aliphatic carbocycles. The first kappa shape index (κ1) is 41.2. The van der Waals surface area contributed by atoms with Crippen molar-refractivity contribution < 1.29 is 84.4 Å². The monoisotopic (exact) mass is 827 g/mol. The number of nitrogens with zero attached hydrogens (tertiary/aromatic N) is 2. The fourth-order valence-corrected chi connectivity index (χ4v) is 7.50. The van der Waals surface area contributed by atoms with Gasteiger partial charge in [0.1, 0.15) is 28.6 Å². The number of hydrogen-bond acceptors (Lipinski definition) is 24. The summed E-state index contributed by atoms with van der Waals surface area (Å²) in [4.78, 5) is -0.244. The van der Waals surface area contributed by atoms with Crippen molar-refractivity contribution >= 4 is 89.9 Å². The largest absolute Gasteiger partial charge is 0.507 e. The summed E-state index contributed by atoms with van der Waals surface area (Å²) in [5.41, 5.74) is -0.528. The minimum Gasteiger partial charge on any atom is -0.507 e. The Labute approximate surface area is 306 Å². The van der Waals surface area contributed by atoms with Crippen LogP contribution in [0, 0.1) is 0 Å². The topological polar surface area (TPSA) is 300 Å². The second kappa shape index (κ2) is 19.5. The molecule has 0 fully saturated rings. The molecule has 26 heteroatoms. The second-order valence-electron chi connectivity index (χ2n) is 9.59. The van der Waals surface area contributed by atoms with Gasteiger partial charge in [0.05, 0.1) is 63.3 Å². The minimum absolute atomic E-state index is 0.0413. The number of hydrogen-bond donors (Lipinski definition) is 7. The van der Waals surface area contributed by atoms with Crippen molar-refractivity contribution in [3.8, 4) is 17.2 Å². The van der Waals surface area contributed by atoms with E-state index in [1.807, 2.05) is 0 Å².